The van der Waals surface area contributed by atoms with Crippen molar-refractivity contribution in [3.05, 3.63) is 47.7 Å². The van der Waals surface area contributed by atoms with Gasteiger partial charge in [0.05, 0.1) is 6.54 Å². The second-order valence-electron chi connectivity index (χ2n) is 6.74. The molecule has 26 heavy (non-hydrogen) atoms. The zero-order valence-electron chi connectivity index (χ0n) is 14.3. The van der Waals surface area contributed by atoms with E-state index in [2.05, 4.69) is 15.0 Å². The molecule has 3 aromatic heterocycles. The Morgan fingerprint density at radius 1 is 1.23 bits per heavy atom. The topological polar surface area (TPSA) is 85.8 Å². The van der Waals surface area contributed by atoms with Crippen LogP contribution in [0.4, 0.5) is 0 Å². The average Bonchev–Trinajstić information content (AvgIpc) is 3.31. The van der Waals surface area contributed by atoms with Gasteiger partial charge in [0.1, 0.15) is 17.1 Å². The van der Waals surface area contributed by atoms with Crippen LogP contribution in [0.3, 0.4) is 0 Å². The zero-order chi connectivity index (χ0) is 17.5. The largest absolute Gasteiger partial charge is 0.445 e. The molecule has 0 unspecified atom stereocenters. The van der Waals surface area contributed by atoms with Crippen molar-refractivity contribution < 1.29 is 13.9 Å². The van der Waals surface area contributed by atoms with Gasteiger partial charge in [0.2, 0.25) is 5.78 Å². The molecule has 0 aliphatic carbocycles. The van der Waals surface area contributed by atoms with Crippen LogP contribution in [-0.4, -0.2) is 49.9 Å². The van der Waals surface area contributed by atoms with Crippen molar-refractivity contribution in [3.63, 3.8) is 0 Å². The smallest absolute Gasteiger partial charge is 0.274 e. The van der Waals surface area contributed by atoms with Gasteiger partial charge in [0.25, 0.3) is 5.91 Å². The molecule has 0 aromatic carbocycles. The minimum Gasteiger partial charge on any atom is -0.445 e. The molecule has 1 amide bonds. The number of hydrogen-bond donors (Lipinski definition) is 0. The fourth-order valence-corrected chi connectivity index (χ4v) is 3.61. The fourth-order valence-electron chi connectivity index (χ4n) is 3.61. The molecule has 2 aliphatic rings. The van der Waals surface area contributed by atoms with Crippen molar-refractivity contribution in [2.45, 2.75) is 31.7 Å². The van der Waals surface area contributed by atoms with Crippen molar-refractivity contribution in [1.29, 1.82) is 0 Å². The SMILES string of the molecule is O=C(c1cn2cccnc2n1)N1CCc2oc(C3CCOCC3)nc2C1. The number of imidazole rings is 1. The summed E-state index contributed by atoms with van der Waals surface area (Å²) in [4.78, 5) is 27.8. The quantitative estimate of drug-likeness (QED) is 0.698. The number of aromatic nitrogens is 4. The first-order valence-corrected chi connectivity index (χ1v) is 8.93. The van der Waals surface area contributed by atoms with E-state index < -0.39 is 0 Å². The number of fused-ring (bicyclic) bond motifs is 2. The van der Waals surface area contributed by atoms with Gasteiger partial charge in [0, 0.05) is 50.7 Å². The molecule has 134 valence electrons. The van der Waals surface area contributed by atoms with Crippen LogP contribution >= 0.6 is 0 Å². The highest BCUT2D eigenvalue weighted by molar-refractivity contribution is 5.92. The van der Waals surface area contributed by atoms with Crippen LogP contribution in [0.15, 0.2) is 29.1 Å². The third-order valence-corrected chi connectivity index (χ3v) is 5.06. The molecular formula is C18H19N5O3. The minimum absolute atomic E-state index is 0.100. The van der Waals surface area contributed by atoms with Gasteiger partial charge >= 0.3 is 0 Å². The first-order valence-electron chi connectivity index (χ1n) is 8.93. The summed E-state index contributed by atoms with van der Waals surface area (Å²) >= 11 is 0. The molecule has 8 heteroatoms. The summed E-state index contributed by atoms with van der Waals surface area (Å²) in [5.41, 5.74) is 1.27. The van der Waals surface area contributed by atoms with Gasteiger partial charge in [-0.05, 0) is 18.9 Å². The summed E-state index contributed by atoms with van der Waals surface area (Å²) in [7, 11) is 0. The lowest BCUT2D eigenvalue weighted by atomic mass is 10.0. The third-order valence-electron chi connectivity index (χ3n) is 5.06. The fraction of sp³-hybridized carbons (Fsp3) is 0.444. The number of rotatable bonds is 2. The molecule has 5 heterocycles. The summed E-state index contributed by atoms with van der Waals surface area (Å²) in [6, 6.07) is 1.81. The molecule has 0 N–H and O–H groups in total. The van der Waals surface area contributed by atoms with E-state index in [1.807, 2.05) is 12.3 Å². The molecule has 0 radical (unpaired) electrons. The van der Waals surface area contributed by atoms with Gasteiger partial charge in [0.15, 0.2) is 5.89 Å². The second kappa shape index (κ2) is 6.21. The Hall–Kier alpha value is -2.74. The van der Waals surface area contributed by atoms with E-state index in [0.717, 1.165) is 43.4 Å². The average molecular weight is 353 g/mol. The van der Waals surface area contributed by atoms with Gasteiger partial charge in [-0.25, -0.2) is 15.0 Å². The van der Waals surface area contributed by atoms with Crippen molar-refractivity contribution in [2.24, 2.45) is 0 Å². The van der Waals surface area contributed by atoms with E-state index in [0.29, 0.717) is 36.9 Å². The van der Waals surface area contributed by atoms with Crippen LogP contribution in [0.2, 0.25) is 0 Å². The molecule has 5 rings (SSSR count). The first-order chi connectivity index (χ1) is 12.8. The Morgan fingerprint density at radius 2 is 2.12 bits per heavy atom. The number of ether oxygens (including phenoxy) is 1. The van der Waals surface area contributed by atoms with Crippen LogP contribution < -0.4 is 0 Å². The lowest BCUT2D eigenvalue weighted by Crippen LogP contribution is -2.36. The minimum atomic E-state index is -0.100. The number of carbonyl (C=O) groups excluding carboxylic acids is 1. The summed E-state index contributed by atoms with van der Waals surface area (Å²) in [5, 5.41) is 0. The molecule has 1 saturated heterocycles. The van der Waals surface area contributed by atoms with Crippen molar-refractivity contribution in [3.8, 4) is 0 Å². The van der Waals surface area contributed by atoms with Crippen LogP contribution in [0.25, 0.3) is 5.78 Å². The molecule has 2 aliphatic heterocycles. The molecule has 0 saturated carbocycles. The van der Waals surface area contributed by atoms with Gasteiger partial charge in [-0.2, -0.15) is 0 Å². The zero-order valence-corrected chi connectivity index (χ0v) is 14.3. The highest BCUT2D eigenvalue weighted by atomic mass is 16.5. The van der Waals surface area contributed by atoms with E-state index in [-0.39, 0.29) is 5.91 Å². The normalized spacial score (nSPS) is 18.2. The summed E-state index contributed by atoms with van der Waals surface area (Å²) in [5.74, 6) is 2.45. The van der Waals surface area contributed by atoms with Crippen LogP contribution in [0, 0.1) is 0 Å². The maximum atomic E-state index is 12.8. The van der Waals surface area contributed by atoms with Gasteiger partial charge in [-0.3, -0.25) is 9.20 Å². The monoisotopic (exact) mass is 353 g/mol. The number of amides is 1. The molecule has 0 atom stereocenters. The molecule has 8 nitrogen and oxygen atoms in total. The lowest BCUT2D eigenvalue weighted by Gasteiger charge is -2.24. The predicted octanol–water partition coefficient (Wildman–Crippen LogP) is 1.81. The molecule has 0 spiro atoms. The standard InChI is InChI=1S/C18H19N5O3/c24-17(14-11-23-6-1-5-19-18(23)21-14)22-7-2-15-13(10-22)20-16(26-15)12-3-8-25-9-4-12/h1,5-6,11-12H,2-4,7-10H2. The first kappa shape index (κ1) is 15.5. The highest BCUT2D eigenvalue weighted by Gasteiger charge is 2.29. The second-order valence-corrected chi connectivity index (χ2v) is 6.74. The number of nitrogens with zero attached hydrogens (tertiary/aromatic N) is 5. The maximum absolute atomic E-state index is 12.8. The highest BCUT2D eigenvalue weighted by Crippen LogP contribution is 2.30. The van der Waals surface area contributed by atoms with Crippen LogP contribution in [0.1, 0.15) is 46.6 Å². The summed E-state index contributed by atoms with van der Waals surface area (Å²) < 4.78 is 13.2. The molecular weight excluding hydrogens is 334 g/mol. The summed E-state index contributed by atoms with van der Waals surface area (Å²) in [6.45, 7) is 2.58. The Bertz CT molecular complexity index is 924. The Morgan fingerprint density at radius 3 is 2.96 bits per heavy atom. The molecule has 0 bridgehead atoms. The van der Waals surface area contributed by atoms with E-state index >= 15 is 0 Å². The Kier molecular flexibility index (Phi) is 3.70. The van der Waals surface area contributed by atoms with E-state index in [9.17, 15) is 4.79 Å². The van der Waals surface area contributed by atoms with Crippen molar-refractivity contribution in [2.75, 3.05) is 19.8 Å². The lowest BCUT2D eigenvalue weighted by molar-refractivity contribution is 0.0720. The Balaban J connectivity index is 1.36. The van der Waals surface area contributed by atoms with Gasteiger partial charge in [-0.1, -0.05) is 0 Å². The van der Waals surface area contributed by atoms with Crippen LogP contribution in [0.5, 0.6) is 0 Å². The molecule has 3 aromatic rings. The number of oxazole rings is 1. The number of carbonyl (C=O) groups is 1. The van der Waals surface area contributed by atoms with E-state index in [1.165, 1.54) is 0 Å². The van der Waals surface area contributed by atoms with Gasteiger partial charge < -0.3 is 14.1 Å². The summed E-state index contributed by atoms with van der Waals surface area (Å²) in [6.07, 6.45) is 7.78. The van der Waals surface area contributed by atoms with Crippen molar-refractivity contribution in [1.82, 2.24) is 24.3 Å². The predicted molar refractivity (Wildman–Crippen MR) is 90.7 cm³/mol. The van der Waals surface area contributed by atoms with Crippen molar-refractivity contribution >= 4 is 11.7 Å². The maximum Gasteiger partial charge on any atom is 0.274 e. The van der Waals surface area contributed by atoms with E-state index in [4.69, 9.17) is 9.15 Å². The molecule has 1 fully saturated rings. The van der Waals surface area contributed by atoms with Crippen LogP contribution in [-0.2, 0) is 17.7 Å². The third kappa shape index (κ3) is 2.66. The Labute approximate surface area is 149 Å². The van der Waals surface area contributed by atoms with Gasteiger partial charge in [-0.15, -0.1) is 0 Å². The van der Waals surface area contributed by atoms with E-state index in [1.54, 1.807) is 21.7 Å². The number of hydrogen-bond acceptors (Lipinski definition) is 6.